The Bertz CT molecular complexity index is 486. The first-order valence-corrected chi connectivity index (χ1v) is 7.16. The molecular weight excluding hydrogens is 270 g/mol. The number of carbonyl (C=O) groups excluding carboxylic acids is 1. The van der Waals surface area contributed by atoms with Gasteiger partial charge in [0, 0.05) is 45.9 Å². The van der Waals surface area contributed by atoms with E-state index in [9.17, 15) is 4.79 Å². The summed E-state index contributed by atoms with van der Waals surface area (Å²) in [6.07, 6.45) is 0. The lowest BCUT2D eigenvalue weighted by molar-refractivity contribution is 0.0931. The predicted molar refractivity (Wildman–Crippen MR) is 80.7 cm³/mol. The van der Waals surface area contributed by atoms with Crippen LogP contribution in [0.4, 0.5) is 5.82 Å². The fourth-order valence-electron chi connectivity index (χ4n) is 2.22. The Morgan fingerprint density at radius 2 is 2.05 bits per heavy atom. The van der Waals surface area contributed by atoms with Gasteiger partial charge in [0.1, 0.15) is 17.3 Å². The van der Waals surface area contributed by atoms with Crippen LogP contribution in [0.3, 0.4) is 0 Å². The molecule has 0 unspecified atom stereocenters. The number of aryl methyl sites for hydroxylation is 1. The maximum absolute atomic E-state index is 12.1. The molecule has 1 N–H and O–H groups in total. The molecule has 1 aliphatic rings. The smallest absolute Gasteiger partial charge is 0.270 e. The molecule has 2 heterocycles. The van der Waals surface area contributed by atoms with Gasteiger partial charge >= 0.3 is 0 Å². The van der Waals surface area contributed by atoms with Gasteiger partial charge in [0.15, 0.2) is 0 Å². The number of likely N-dealkylation sites (N-methyl/N-ethyl adjacent to an activating group) is 1. The lowest BCUT2D eigenvalue weighted by Crippen LogP contribution is -2.45. The molecule has 0 aliphatic carbocycles. The number of aromatic nitrogens is 2. The highest BCUT2D eigenvalue weighted by Crippen LogP contribution is 2.14. The molecule has 1 saturated heterocycles. The molecule has 21 heavy (non-hydrogen) atoms. The SMILES string of the molecule is COCCNC(=O)c1cc(N2CCN(C)CC2)nc(C)n1. The number of methoxy groups -OCH3 is 1. The molecule has 1 fully saturated rings. The number of nitrogens with one attached hydrogen (secondary N) is 1. The van der Waals surface area contributed by atoms with Crippen molar-refractivity contribution in [3.8, 4) is 0 Å². The van der Waals surface area contributed by atoms with Gasteiger partial charge in [-0.25, -0.2) is 9.97 Å². The third-order valence-electron chi connectivity index (χ3n) is 3.48. The van der Waals surface area contributed by atoms with Crippen LogP contribution in [0.1, 0.15) is 16.3 Å². The minimum atomic E-state index is -0.187. The highest BCUT2D eigenvalue weighted by Gasteiger charge is 2.18. The monoisotopic (exact) mass is 293 g/mol. The van der Waals surface area contributed by atoms with Crippen LogP contribution in [0, 0.1) is 6.92 Å². The molecule has 7 nitrogen and oxygen atoms in total. The Kier molecular flexibility index (Phi) is 5.46. The quantitative estimate of drug-likeness (QED) is 0.765. The summed E-state index contributed by atoms with van der Waals surface area (Å²) in [6, 6.07) is 1.76. The first-order valence-electron chi connectivity index (χ1n) is 7.16. The Morgan fingerprint density at radius 1 is 1.33 bits per heavy atom. The summed E-state index contributed by atoms with van der Waals surface area (Å²) >= 11 is 0. The van der Waals surface area contributed by atoms with Crippen molar-refractivity contribution in [2.75, 3.05) is 58.4 Å². The molecule has 2 rings (SSSR count). The van der Waals surface area contributed by atoms with Crippen molar-refractivity contribution >= 4 is 11.7 Å². The Balaban J connectivity index is 2.08. The zero-order chi connectivity index (χ0) is 15.2. The Hall–Kier alpha value is -1.73. The number of nitrogens with zero attached hydrogens (tertiary/aromatic N) is 4. The maximum Gasteiger partial charge on any atom is 0.270 e. The number of hydrogen-bond donors (Lipinski definition) is 1. The van der Waals surface area contributed by atoms with E-state index in [0.717, 1.165) is 32.0 Å². The van der Waals surface area contributed by atoms with Crippen molar-refractivity contribution in [3.05, 3.63) is 17.6 Å². The van der Waals surface area contributed by atoms with Crippen molar-refractivity contribution in [2.24, 2.45) is 0 Å². The molecule has 1 aromatic heterocycles. The molecule has 116 valence electrons. The van der Waals surface area contributed by atoms with Crippen LogP contribution in [-0.4, -0.2) is 74.3 Å². The van der Waals surface area contributed by atoms with E-state index in [-0.39, 0.29) is 5.91 Å². The number of rotatable bonds is 5. The highest BCUT2D eigenvalue weighted by molar-refractivity contribution is 5.92. The minimum Gasteiger partial charge on any atom is -0.383 e. The van der Waals surface area contributed by atoms with Gasteiger partial charge in [-0.05, 0) is 14.0 Å². The van der Waals surface area contributed by atoms with Crippen molar-refractivity contribution < 1.29 is 9.53 Å². The molecular formula is C14H23N5O2. The fraction of sp³-hybridized carbons (Fsp3) is 0.643. The fourth-order valence-corrected chi connectivity index (χ4v) is 2.22. The Labute approximate surface area is 125 Å². The molecule has 0 spiro atoms. The average molecular weight is 293 g/mol. The molecule has 1 amide bonds. The molecule has 0 aromatic carbocycles. The van der Waals surface area contributed by atoms with Gasteiger partial charge in [-0.15, -0.1) is 0 Å². The molecule has 0 bridgehead atoms. The van der Waals surface area contributed by atoms with Gasteiger partial charge < -0.3 is 19.9 Å². The largest absolute Gasteiger partial charge is 0.383 e. The molecule has 7 heteroatoms. The van der Waals surface area contributed by atoms with E-state index >= 15 is 0 Å². The van der Waals surface area contributed by atoms with Gasteiger partial charge in [-0.1, -0.05) is 0 Å². The number of carbonyl (C=O) groups is 1. The van der Waals surface area contributed by atoms with Crippen LogP contribution < -0.4 is 10.2 Å². The third kappa shape index (κ3) is 4.37. The zero-order valence-electron chi connectivity index (χ0n) is 12.9. The normalized spacial score (nSPS) is 16.0. The summed E-state index contributed by atoms with van der Waals surface area (Å²) in [5.41, 5.74) is 0.410. The zero-order valence-corrected chi connectivity index (χ0v) is 12.9. The van der Waals surface area contributed by atoms with Gasteiger partial charge in [-0.2, -0.15) is 0 Å². The summed E-state index contributed by atoms with van der Waals surface area (Å²) in [5, 5.41) is 2.78. The van der Waals surface area contributed by atoms with Crippen molar-refractivity contribution in [2.45, 2.75) is 6.92 Å². The Morgan fingerprint density at radius 3 is 2.71 bits per heavy atom. The summed E-state index contributed by atoms with van der Waals surface area (Å²) in [6.45, 7) is 6.60. The van der Waals surface area contributed by atoms with Crippen LogP contribution in [0.2, 0.25) is 0 Å². The number of hydrogen-bond acceptors (Lipinski definition) is 6. The lowest BCUT2D eigenvalue weighted by atomic mass is 10.3. The van der Waals surface area contributed by atoms with Crippen LogP contribution in [-0.2, 0) is 4.74 Å². The summed E-state index contributed by atoms with van der Waals surface area (Å²) in [5.74, 6) is 1.25. The third-order valence-corrected chi connectivity index (χ3v) is 3.48. The summed E-state index contributed by atoms with van der Waals surface area (Å²) < 4.78 is 4.92. The lowest BCUT2D eigenvalue weighted by Gasteiger charge is -2.33. The average Bonchev–Trinajstić information content (AvgIpc) is 2.47. The van der Waals surface area contributed by atoms with E-state index in [0.29, 0.717) is 24.7 Å². The molecule has 0 radical (unpaired) electrons. The van der Waals surface area contributed by atoms with Gasteiger partial charge in [0.05, 0.1) is 6.61 Å². The predicted octanol–water partition coefficient (Wildman–Crippen LogP) is -0.0870. The molecule has 0 atom stereocenters. The van der Waals surface area contributed by atoms with Gasteiger partial charge in [-0.3, -0.25) is 4.79 Å². The first kappa shape index (κ1) is 15.7. The van der Waals surface area contributed by atoms with E-state index in [2.05, 4.69) is 32.1 Å². The van der Waals surface area contributed by atoms with Gasteiger partial charge in [0.25, 0.3) is 5.91 Å². The van der Waals surface area contributed by atoms with Gasteiger partial charge in [0.2, 0.25) is 0 Å². The minimum absolute atomic E-state index is 0.187. The molecule has 1 aliphatic heterocycles. The second-order valence-corrected chi connectivity index (χ2v) is 5.20. The van der Waals surface area contributed by atoms with Crippen molar-refractivity contribution in [3.63, 3.8) is 0 Å². The first-order chi connectivity index (χ1) is 10.1. The van der Waals surface area contributed by atoms with Crippen LogP contribution in [0.5, 0.6) is 0 Å². The standard InChI is InChI=1S/C14H23N5O2/c1-11-16-12(14(20)15-4-9-21-3)10-13(17-11)19-7-5-18(2)6-8-19/h10H,4-9H2,1-3H3,(H,15,20). The number of piperazine rings is 1. The van der Waals surface area contributed by atoms with E-state index in [1.54, 1.807) is 13.2 Å². The summed E-state index contributed by atoms with van der Waals surface area (Å²) in [7, 11) is 3.71. The van der Waals surface area contributed by atoms with Crippen molar-refractivity contribution in [1.29, 1.82) is 0 Å². The number of amides is 1. The van der Waals surface area contributed by atoms with Crippen molar-refractivity contribution in [1.82, 2.24) is 20.2 Å². The van der Waals surface area contributed by atoms with E-state index in [4.69, 9.17) is 4.74 Å². The number of anilines is 1. The topological polar surface area (TPSA) is 70.6 Å². The maximum atomic E-state index is 12.1. The van der Waals surface area contributed by atoms with Crippen LogP contribution >= 0.6 is 0 Å². The van der Waals surface area contributed by atoms with Crippen LogP contribution in [0.25, 0.3) is 0 Å². The van der Waals surface area contributed by atoms with E-state index in [1.807, 2.05) is 6.92 Å². The second kappa shape index (κ2) is 7.33. The number of ether oxygens (including phenoxy) is 1. The molecule has 0 saturated carbocycles. The molecule has 1 aromatic rings. The summed E-state index contributed by atoms with van der Waals surface area (Å²) in [4.78, 5) is 25.2. The highest BCUT2D eigenvalue weighted by atomic mass is 16.5. The van der Waals surface area contributed by atoms with E-state index in [1.165, 1.54) is 0 Å². The second-order valence-electron chi connectivity index (χ2n) is 5.20. The van der Waals surface area contributed by atoms with E-state index < -0.39 is 0 Å². The van der Waals surface area contributed by atoms with Crippen LogP contribution in [0.15, 0.2) is 6.07 Å².